The van der Waals surface area contributed by atoms with E-state index in [9.17, 15) is 14.9 Å². The number of benzene rings is 3. The number of ether oxygens (including phenoxy) is 2. The molecule has 1 N–H and O–H groups in total. The molecule has 0 bridgehead atoms. The predicted octanol–water partition coefficient (Wildman–Crippen LogP) is 3.95. The maximum Gasteiger partial charge on any atom is 0.271 e. The standard InChI is InChI=1S/C22H19N3O5/c1-29-21-12-17(10-11-20(21)30-15-16-6-3-2-4-7-16)14-23-24-22(26)18-8-5-9-19(13-18)25(27)28/h2-14H,15H2,1H3,(H,24,26)/b23-14+. The van der Waals surface area contributed by atoms with E-state index >= 15 is 0 Å². The average Bonchev–Trinajstić information content (AvgIpc) is 2.78. The number of methoxy groups -OCH3 is 1. The zero-order chi connectivity index (χ0) is 21.3. The molecule has 0 aliphatic rings. The molecule has 0 heterocycles. The fraction of sp³-hybridized carbons (Fsp3) is 0.0909. The van der Waals surface area contributed by atoms with E-state index in [1.807, 2.05) is 30.3 Å². The van der Waals surface area contributed by atoms with E-state index in [2.05, 4.69) is 10.5 Å². The summed E-state index contributed by atoms with van der Waals surface area (Å²) < 4.78 is 11.2. The van der Waals surface area contributed by atoms with Crippen molar-refractivity contribution in [1.29, 1.82) is 0 Å². The highest BCUT2D eigenvalue weighted by molar-refractivity contribution is 5.95. The first-order chi connectivity index (χ1) is 14.6. The summed E-state index contributed by atoms with van der Waals surface area (Å²) in [5.74, 6) is 0.559. The number of hydrogen-bond acceptors (Lipinski definition) is 6. The highest BCUT2D eigenvalue weighted by Gasteiger charge is 2.11. The van der Waals surface area contributed by atoms with Gasteiger partial charge in [-0.05, 0) is 35.4 Å². The molecule has 30 heavy (non-hydrogen) atoms. The number of rotatable bonds is 8. The Hall–Kier alpha value is -4.20. The van der Waals surface area contributed by atoms with Gasteiger partial charge in [0.25, 0.3) is 11.6 Å². The molecule has 0 atom stereocenters. The van der Waals surface area contributed by atoms with Crippen LogP contribution in [0.25, 0.3) is 0 Å². The van der Waals surface area contributed by atoms with E-state index in [0.29, 0.717) is 23.7 Å². The second-order valence-electron chi connectivity index (χ2n) is 6.19. The summed E-state index contributed by atoms with van der Waals surface area (Å²) in [6, 6.07) is 20.4. The SMILES string of the molecule is COc1cc(/C=N/NC(=O)c2cccc([N+](=O)[O-])c2)ccc1OCc1ccccc1. The molecule has 0 spiro atoms. The minimum atomic E-state index is -0.562. The molecular weight excluding hydrogens is 386 g/mol. The number of carbonyl (C=O) groups is 1. The number of hydrazone groups is 1. The molecule has 1 amide bonds. The van der Waals surface area contributed by atoms with Gasteiger partial charge in [0.15, 0.2) is 11.5 Å². The maximum atomic E-state index is 12.1. The number of carbonyl (C=O) groups excluding carboxylic acids is 1. The van der Waals surface area contributed by atoms with Gasteiger partial charge in [-0.15, -0.1) is 0 Å². The van der Waals surface area contributed by atoms with Gasteiger partial charge >= 0.3 is 0 Å². The van der Waals surface area contributed by atoms with E-state index in [1.54, 1.807) is 18.2 Å². The molecule has 3 rings (SSSR count). The Labute approximate surface area is 172 Å². The normalized spacial score (nSPS) is 10.6. The molecule has 0 saturated carbocycles. The van der Waals surface area contributed by atoms with Crippen molar-refractivity contribution >= 4 is 17.8 Å². The van der Waals surface area contributed by atoms with Gasteiger partial charge in [0.1, 0.15) is 6.61 Å². The minimum absolute atomic E-state index is 0.142. The molecule has 0 radical (unpaired) electrons. The van der Waals surface area contributed by atoms with E-state index in [0.717, 1.165) is 5.56 Å². The number of hydrogen-bond donors (Lipinski definition) is 1. The monoisotopic (exact) mass is 405 g/mol. The van der Waals surface area contributed by atoms with E-state index in [1.165, 1.54) is 37.6 Å². The van der Waals surface area contributed by atoms with Crippen LogP contribution in [0.1, 0.15) is 21.5 Å². The van der Waals surface area contributed by atoms with Crippen molar-refractivity contribution in [3.63, 3.8) is 0 Å². The Bertz CT molecular complexity index is 1070. The van der Waals surface area contributed by atoms with E-state index < -0.39 is 10.8 Å². The summed E-state index contributed by atoms with van der Waals surface area (Å²) in [5.41, 5.74) is 4.04. The zero-order valence-electron chi connectivity index (χ0n) is 16.1. The fourth-order valence-corrected chi connectivity index (χ4v) is 2.61. The summed E-state index contributed by atoms with van der Waals surface area (Å²) in [6.45, 7) is 0.407. The first-order valence-electron chi connectivity index (χ1n) is 8.99. The Kier molecular flexibility index (Phi) is 6.73. The lowest BCUT2D eigenvalue weighted by molar-refractivity contribution is -0.384. The van der Waals surface area contributed by atoms with Crippen molar-refractivity contribution in [1.82, 2.24) is 5.43 Å². The highest BCUT2D eigenvalue weighted by atomic mass is 16.6. The van der Waals surface area contributed by atoms with Gasteiger partial charge in [0, 0.05) is 17.7 Å². The lowest BCUT2D eigenvalue weighted by Crippen LogP contribution is -2.17. The van der Waals surface area contributed by atoms with Crippen molar-refractivity contribution < 1.29 is 19.2 Å². The van der Waals surface area contributed by atoms with Crippen LogP contribution in [0.15, 0.2) is 77.9 Å². The van der Waals surface area contributed by atoms with Crippen molar-refractivity contribution in [2.75, 3.05) is 7.11 Å². The molecular formula is C22H19N3O5. The topological polar surface area (TPSA) is 103 Å². The molecule has 0 aliphatic heterocycles. The molecule has 0 aromatic heterocycles. The van der Waals surface area contributed by atoms with Gasteiger partial charge in [0.2, 0.25) is 0 Å². The first kappa shape index (κ1) is 20.5. The van der Waals surface area contributed by atoms with Crippen LogP contribution >= 0.6 is 0 Å². The third kappa shape index (κ3) is 5.41. The molecule has 152 valence electrons. The van der Waals surface area contributed by atoms with Crippen LogP contribution in [0.3, 0.4) is 0 Å². The predicted molar refractivity (Wildman–Crippen MR) is 112 cm³/mol. The van der Waals surface area contributed by atoms with Gasteiger partial charge < -0.3 is 9.47 Å². The molecule has 8 heteroatoms. The largest absolute Gasteiger partial charge is 0.493 e. The van der Waals surface area contributed by atoms with Crippen molar-refractivity contribution in [3.05, 3.63) is 99.6 Å². The molecule has 3 aromatic rings. The van der Waals surface area contributed by atoms with Gasteiger partial charge in [-0.1, -0.05) is 36.4 Å². The third-order valence-corrected chi connectivity index (χ3v) is 4.12. The summed E-state index contributed by atoms with van der Waals surface area (Å²) >= 11 is 0. The zero-order valence-corrected chi connectivity index (χ0v) is 16.1. The Morgan fingerprint density at radius 3 is 2.60 bits per heavy atom. The molecule has 8 nitrogen and oxygen atoms in total. The smallest absolute Gasteiger partial charge is 0.271 e. The first-order valence-corrected chi connectivity index (χ1v) is 8.99. The van der Waals surface area contributed by atoms with E-state index in [-0.39, 0.29) is 11.3 Å². The van der Waals surface area contributed by atoms with Gasteiger partial charge in [-0.2, -0.15) is 5.10 Å². The van der Waals surface area contributed by atoms with Gasteiger partial charge in [-0.3, -0.25) is 14.9 Å². The lowest BCUT2D eigenvalue weighted by atomic mass is 10.2. The minimum Gasteiger partial charge on any atom is -0.493 e. The second kappa shape index (κ2) is 9.83. The Morgan fingerprint density at radius 1 is 1.07 bits per heavy atom. The summed E-state index contributed by atoms with van der Waals surface area (Å²) in [5, 5.41) is 14.7. The number of nitro benzene ring substituents is 1. The van der Waals surface area contributed by atoms with Gasteiger partial charge in [-0.25, -0.2) is 5.43 Å². The maximum absolute atomic E-state index is 12.1. The highest BCUT2D eigenvalue weighted by Crippen LogP contribution is 2.28. The molecule has 0 aliphatic carbocycles. The summed E-state index contributed by atoms with van der Waals surface area (Å²) in [6.07, 6.45) is 1.44. The molecule has 3 aromatic carbocycles. The number of non-ortho nitro benzene ring substituents is 1. The molecule has 0 saturated heterocycles. The number of nitrogens with zero attached hydrogens (tertiary/aromatic N) is 2. The van der Waals surface area contributed by atoms with Crippen LogP contribution in [0, 0.1) is 10.1 Å². The average molecular weight is 405 g/mol. The quantitative estimate of drug-likeness (QED) is 0.347. The number of nitrogens with one attached hydrogen (secondary N) is 1. The third-order valence-electron chi connectivity index (χ3n) is 4.12. The van der Waals surface area contributed by atoms with Crippen LogP contribution in [0.2, 0.25) is 0 Å². The second-order valence-corrected chi connectivity index (χ2v) is 6.19. The van der Waals surface area contributed by atoms with Gasteiger partial charge in [0.05, 0.1) is 18.2 Å². The van der Waals surface area contributed by atoms with E-state index in [4.69, 9.17) is 9.47 Å². The Balaban J connectivity index is 1.63. The molecule has 0 fully saturated rings. The van der Waals surface area contributed by atoms with Crippen molar-refractivity contribution in [3.8, 4) is 11.5 Å². The van der Waals surface area contributed by atoms with Crippen LogP contribution in [-0.2, 0) is 6.61 Å². The summed E-state index contributed by atoms with van der Waals surface area (Å²) in [4.78, 5) is 22.4. The Morgan fingerprint density at radius 2 is 1.87 bits per heavy atom. The lowest BCUT2D eigenvalue weighted by Gasteiger charge is -2.11. The molecule has 0 unspecified atom stereocenters. The fourth-order valence-electron chi connectivity index (χ4n) is 2.61. The van der Waals surface area contributed by atoms with Crippen molar-refractivity contribution in [2.45, 2.75) is 6.61 Å². The van der Waals surface area contributed by atoms with Crippen molar-refractivity contribution in [2.24, 2.45) is 5.10 Å². The number of nitro groups is 1. The van der Waals surface area contributed by atoms with Crippen LogP contribution in [0.4, 0.5) is 5.69 Å². The van der Waals surface area contributed by atoms with Crippen LogP contribution < -0.4 is 14.9 Å². The summed E-state index contributed by atoms with van der Waals surface area (Å²) in [7, 11) is 1.54. The van der Waals surface area contributed by atoms with Crippen LogP contribution in [0.5, 0.6) is 11.5 Å². The van der Waals surface area contributed by atoms with Crippen LogP contribution in [-0.4, -0.2) is 24.2 Å². The number of amides is 1.